The first-order valence-electron chi connectivity index (χ1n) is 4.34. The zero-order valence-electron chi connectivity index (χ0n) is 8.04. The van der Waals surface area contributed by atoms with Crippen LogP contribution in [0.3, 0.4) is 0 Å². The van der Waals surface area contributed by atoms with Crippen LogP contribution in [0.2, 0.25) is 0 Å². The molecule has 1 aromatic heterocycles. The fourth-order valence-electron chi connectivity index (χ4n) is 0.892. The number of imidazole rings is 1. The molecule has 0 radical (unpaired) electrons. The maximum Gasteiger partial charge on any atom is 0.243 e. The van der Waals surface area contributed by atoms with Gasteiger partial charge in [-0.25, -0.2) is 9.13 Å². The molecule has 64 valence electrons. The van der Waals surface area contributed by atoms with Gasteiger partial charge in [0.15, 0.2) is 0 Å². The van der Waals surface area contributed by atoms with Gasteiger partial charge in [-0.1, -0.05) is 20.8 Å². The summed E-state index contributed by atoms with van der Waals surface area (Å²) in [7, 11) is 2.03. The van der Waals surface area contributed by atoms with E-state index in [0.717, 1.165) is 6.54 Å². The van der Waals surface area contributed by atoms with E-state index in [4.69, 9.17) is 0 Å². The van der Waals surface area contributed by atoms with E-state index in [0.29, 0.717) is 0 Å². The highest BCUT2D eigenvalue weighted by atomic mass is 15.1. The first kappa shape index (κ1) is 10.2. The third-order valence-electron chi connectivity index (χ3n) is 1.31. The highest BCUT2D eigenvalue weighted by Crippen LogP contribution is 1.85. The molecule has 0 aliphatic rings. The van der Waals surface area contributed by atoms with Gasteiger partial charge in [-0.15, -0.1) is 0 Å². The predicted molar refractivity (Wildman–Crippen MR) is 47.2 cm³/mol. The second-order valence-electron chi connectivity index (χ2n) is 2.32. The van der Waals surface area contributed by atoms with Crippen LogP contribution in [0.15, 0.2) is 18.7 Å². The third-order valence-corrected chi connectivity index (χ3v) is 1.31. The van der Waals surface area contributed by atoms with Gasteiger partial charge in [0.25, 0.3) is 0 Å². The molecule has 0 aliphatic heterocycles. The number of rotatable bonds is 2. The van der Waals surface area contributed by atoms with Crippen LogP contribution >= 0.6 is 0 Å². The molecular formula is C9H19N2+. The van der Waals surface area contributed by atoms with Crippen molar-refractivity contribution in [1.82, 2.24) is 4.57 Å². The summed E-state index contributed by atoms with van der Waals surface area (Å²) in [5.41, 5.74) is 0. The Hall–Kier alpha value is -0.790. The van der Waals surface area contributed by atoms with E-state index in [2.05, 4.69) is 34.8 Å². The van der Waals surface area contributed by atoms with E-state index in [1.807, 2.05) is 20.9 Å². The standard InChI is InChI=1S/C7H13N2.C2H6/c1-3-4-9-6-5-8(2)7-9;1-2/h5-7H,3-4H2,1-2H3;1-2H3/q+1;. The van der Waals surface area contributed by atoms with Crippen molar-refractivity contribution in [2.75, 3.05) is 0 Å². The molecule has 0 unspecified atom stereocenters. The van der Waals surface area contributed by atoms with E-state index >= 15 is 0 Å². The first-order valence-corrected chi connectivity index (χ1v) is 4.34. The van der Waals surface area contributed by atoms with Crippen LogP contribution in [-0.2, 0) is 13.6 Å². The summed E-state index contributed by atoms with van der Waals surface area (Å²) < 4.78 is 4.23. The van der Waals surface area contributed by atoms with Crippen LogP contribution in [0.4, 0.5) is 0 Å². The molecule has 0 aliphatic carbocycles. The van der Waals surface area contributed by atoms with Gasteiger partial charge in [0.05, 0.1) is 13.6 Å². The SMILES string of the molecule is CC.CCCn1cc[n+](C)c1. The lowest BCUT2D eigenvalue weighted by molar-refractivity contribution is -0.671. The van der Waals surface area contributed by atoms with Crippen LogP contribution in [-0.4, -0.2) is 4.57 Å². The second kappa shape index (κ2) is 5.96. The Balaban J connectivity index is 0.000000461. The maximum absolute atomic E-state index is 2.18. The Morgan fingerprint density at radius 2 is 2.00 bits per heavy atom. The van der Waals surface area contributed by atoms with Gasteiger partial charge < -0.3 is 0 Å². The summed E-state index contributed by atoms with van der Waals surface area (Å²) in [5, 5.41) is 0. The van der Waals surface area contributed by atoms with Gasteiger partial charge in [0, 0.05) is 0 Å². The topological polar surface area (TPSA) is 8.81 Å². The van der Waals surface area contributed by atoms with Gasteiger partial charge >= 0.3 is 0 Å². The van der Waals surface area contributed by atoms with Gasteiger partial charge in [-0.3, -0.25) is 0 Å². The zero-order chi connectivity index (χ0) is 8.69. The summed E-state index contributed by atoms with van der Waals surface area (Å²) in [6.45, 7) is 7.31. The second-order valence-corrected chi connectivity index (χ2v) is 2.32. The van der Waals surface area contributed by atoms with E-state index < -0.39 is 0 Å². The van der Waals surface area contributed by atoms with Crippen molar-refractivity contribution >= 4 is 0 Å². The Bertz CT molecular complexity index is 179. The zero-order valence-corrected chi connectivity index (χ0v) is 8.04. The molecule has 0 spiro atoms. The minimum absolute atomic E-state index is 1.13. The fraction of sp³-hybridized carbons (Fsp3) is 0.667. The maximum atomic E-state index is 2.18. The first-order chi connectivity index (χ1) is 5.33. The summed E-state index contributed by atoms with van der Waals surface area (Å²) in [5.74, 6) is 0. The molecule has 2 nitrogen and oxygen atoms in total. The molecule has 0 amide bonds. The van der Waals surface area contributed by atoms with Crippen LogP contribution in [0.5, 0.6) is 0 Å². The van der Waals surface area contributed by atoms with Crippen LogP contribution in [0, 0.1) is 0 Å². The molecule has 2 heteroatoms. The number of aryl methyl sites for hydroxylation is 2. The Labute approximate surface area is 69.5 Å². The molecule has 1 rings (SSSR count). The van der Waals surface area contributed by atoms with Gasteiger partial charge in [0.1, 0.15) is 12.4 Å². The molecular weight excluding hydrogens is 136 g/mol. The Kier molecular flexibility index (Phi) is 5.53. The predicted octanol–water partition coefficient (Wildman–Crippen LogP) is 1.75. The highest BCUT2D eigenvalue weighted by Gasteiger charge is 1.94. The molecule has 0 saturated heterocycles. The van der Waals surface area contributed by atoms with Crippen LogP contribution in [0.1, 0.15) is 27.2 Å². The van der Waals surface area contributed by atoms with Crippen molar-refractivity contribution < 1.29 is 4.57 Å². The van der Waals surface area contributed by atoms with Crippen molar-refractivity contribution in [3.05, 3.63) is 18.7 Å². The van der Waals surface area contributed by atoms with Crippen molar-refractivity contribution in [1.29, 1.82) is 0 Å². The van der Waals surface area contributed by atoms with Gasteiger partial charge in [-0.2, -0.15) is 0 Å². The summed E-state index contributed by atoms with van der Waals surface area (Å²) >= 11 is 0. The molecule has 11 heavy (non-hydrogen) atoms. The van der Waals surface area contributed by atoms with Crippen molar-refractivity contribution in [3.63, 3.8) is 0 Å². The Morgan fingerprint density at radius 1 is 1.36 bits per heavy atom. The molecule has 0 fully saturated rings. The highest BCUT2D eigenvalue weighted by molar-refractivity contribution is 4.64. The largest absolute Gasteiger partial charge is 0.243 e. The normalized spacial score (nSPS) is 8.73. The van der Waals surface area contributed by atoms with Crippen molar-refractivity contribution in [3.8, 4) is 0 Å². The van der Waals surface area contributed by atoms with Crippen LogP contribution < -0.4 is 4.57 Å². The lowest BCUT2D eigenvalue weighted by atomic mass is 10.5. The van der Waals surface area contributed by atoms with E-state index in [9.17, 15) is 0 Å². The van der Waals surface area contributed by atoms with E-state index in [-0.39, 0.29) is 0 Å². The van der Waals surface area contributed by atoms with Crippen molar-refractivity contribution in [2.24, 2.45) is 7.05 Å². The average molecular weight is 155 g/mol. The Morgan fingerprint density at radius 3 is 2.36 bits per heavy atom. The quantitative estimate of drug-likeness (QED) is 0.575. The van der Waals surface area contributed by atoms with Crippen LogP contribution in [0.25, 0.3) is 0 Å². The van der Waals surface area contributed by atoms with E-state index in [1.165, 1.54) is 6.42 Å². The molecule has 1 heterocycles. The molecule has 0 saturated carbocycles. The van der Waals surface area contributed by atoms with Crippen molar-refractivity contribution in [2.45, 2.75) is 33.7 Å². The average Bonchev–Trinajstić information content (AvgIpc) is 2.41. The van der Waals surface area contributed by atoms with Gasteiger partial charge in [-0.05, 0) is 6.42 Å². The fourth-order valence-corrected chi connectivity index (χ4v) is 0.892. The number of hydrogen-bond acceptors (Lipinski definition) is 0. The molecule has 0 bridgehead atoms. The summed E-state index contributed by atoms with van der Waals surface area (Å²) in [6, 6.07) is 0. The monoisotopic (exact) mass is 155 g/mol. The molecule has 0 atom stereocenters. The lowest BCUT2D eigenvalue weighted by Crippen LogP contribution is -2.23. The number of aromatic nitrogens is 2. The summed E-state index contributed by atoms with van der Waals surface area (Å²) in [6.07, 6.45) is 7.43. The number of nitrogens with zero attached hydrogens (tertiary/aromatic N) is 2. The summed E-state index contributed by atoms with van der Waals surface area (Å²) in [4.78, 5) is 0. The van der Waals surface area contributed by atoms with Gasteiger partial charge in [0.2, 0.25) is 6.33 Å². The minimum atomic E-state index is 1.13. The molecule has 0 N–H and O–H groups in total. The third kappa shape index (κ3) is 3.81. The lowest BCUT2D eigenvalue weighted by Gasteiger charge is -1.86. The molecule has 1 aromatic rings. The number of hydrogen-bond donors (Lipinski definition) is 0. The smallest absolute Gasteiger partial charge is 0.240 e. The molecule has 0 aromatic carbocycles. The minimum Gasteiger partial charge on any atom is -0.240 e. The van der Waals surface area contributed by atoms with E-state index in [1.54, 1.807) is 0 Å².